The molecule has 1 atom stereocenters. The molecule has 1 aliphatic rings. The van der Waals surface area contributed by atoms with E-state index in [1.54, 1.807) is 11.3 Å². The predicted molar refractivity (Wildman–Crippen MR) is 89.6 cm³/mol. The van der Waals surface area contributed by atoms with Gasteiger partial charge < -0.3 is 10.0 Å². The van der Waals surface area contributed by atoms with Crippen LogP contribution in [0.5, 0.6) is 0 Å². The summed E-state index contributed by atoms with van der Waals surface area (Å²) >= 11 is 1.73. The molecule has 1 unspecified atom stereocenters. The third kappa shape index (κ3) is 3.15. The van der Waals surface area contributed by atoms with Crippen LogP contribution in [0, 0.1) is 6.92 Å². The maximum atomic E-state index is 12.6. The van der Waals surface area contributed by atoms with Crippen molar-refractivity contribution < 1.29 is 14.7 Å². The molecule has 2 heterocycles. The maximum absolute atomic E-state index is 12.6. The first kappa shape index (κ1) is 15.7. The van der Waals surface area contributed by atoms with Crippen LogP contribution in [0.3, 0.4) is 0 Å². The Morgan fingerprint density at radius 3 is 2.74 bits per heavy atom. The summed E-state index contributed by atoms with van der Waals surface area (Å²) in [7, 11) is 0. The Morgan fingerprint density at radius 2 is 2.00 bits per heavy atom. The van der Waals surface area contributed by atoms with E-state index in [9.17, 15) is 9.59 Å². The Bertz CT molecular complexity index is 737. The van der Waals surface area contributed by atoms with Gasteiger partial charge in [-0.1, -0.05) is 24.3 Å². The van der Waals surface area contributed by atoms with E-state index in [-0.39, 0.29) is 24.8 Å². The molecule has 1 aromatic heterocycles. The van der Waals surface area contributed by atoms with Crippen LogP contribution in [-0.4, -0.2) is 28.4 Å². The van der Waals surface area contributed by atoms with E-state index >= 15 is 0 Å². The van der Waals surface area contributed by atoms with Crippen LogP contribution in [0.1, 0.15) is 40.5 Å². The topological polar surface area (TPSA) is 57.6 Å². The van der Waals surface area contributed by atoms with Gasteiger partial charge in [-0.25, -0.2) is 0 Å². The first-order valence-electron chi connectivity index (χ1n) is 7.71. The number of rotatable bonds is 4. The zero-order valence-electron chi connectivity index (χ0n) is 13.0. The highest BCUT2D eigenvalue weighted by atomic mass is 32.1. The van der Waals surface area contributed by atoms with Gasteiger partial charge in [-0.15, -0.1) is 11.3 Å². The molecule has 23 heavy (non-hydrogen) atoms. The number of benzene rings is 1. The highest BCUT2D eigenvalue weighted by Gasteiger charge is 2.33. The largest absolute Gasteiger partial charge is 0.481 e. The van der Waals surface area contributed by atoms with Gasteiger partial charge >= 0.3 is 5.97 Å². The van der Waals surface area contributed by atoms with Gasteiger partial charge in [0.15, 0.2) is 0 Å². The number of carboxylic acid groups (broad SMARTS) is 1. The van der Waals surface area contributed by atoms with Crippen molar-refractivity contribution in [3.8, 4) is 0 Å². The summed E-state index contributed by atoms with van der Waals surface area (Å²) in [5.74, 6) is -1.02. The minimum absolute atomic E-state index is 0.0528. The van der Waals surface area contributed by atoms with Crippen molar-refractivity contribution in [3.05, 3.63) is 57.3 Å². The number of hydrogen-bond donors (Lipinski definition) is 1. The third-order valence-electron chi connectivity index (χ3n) is 4.32. The quantitative estimate of drug-likeness (QED) is 0.935. The third-order valence-corrected chi connectivity index (χ3v) is 5.32. The SMILES string of the molecule is Cc1ccccc1C1c2ccsc2CCN1C(=O)CCC(=O)O. The minimum atomic E-state index is -0.931. The van der Waals surface area contributed by atoms with E-state index < -0.39 is 5.97 Å². The maximum Gasteiger partial charge on any atom is 0.303 e. The number of amides is 1. The molecule has 0 saturated carbocycles. The van der Waals surface area contributed by atoms with Crippen LogP contribution in [-0.2, 0) is 16.0 Å². The van der Waals surface area contributed by atoms with Crippen molar-refractivity contribution in [1.82, 2.24) is 4.90 Å². The molecule has 5 heteroatoms. The van der Waals surface area contributed by atoms with Crippen molar-refractivity contribution in [2.45, 2.75) is 32.2 Å². The Balaban J connectivity index is 1.97. The average Bonchev–Trinajstić information content (AvgIpc) is 3.01. The lowest BCUT2D eigenvalue weighted by molar-refractivity contribution is -0.141. The fourth-order valence-corrected chi connectivity index (χ4v) is 4.08. The van der Waals surface area contributed by atoms with Gasteiger partial charge in [0.05, 0.1) is 12.5 Å². The molecule has 1 N–H and O–H groups in total. The van der Waals surface area contributed by atoms with E-state index in [1.807, 2.05) is 17.0 Å². The zero-order chi connectivity index (χ0) is 16.4. The molecule has 1 aliphatic heterocycles. The summed E-state index contributed by atoms with van der Waals surface area (Å²) in [6, 6.07) is 10.1. The molecule has 0 saturated heterocycles. The highest BCUT2D eigenvalue weighted by Crippen LogP contribution is 2.39. The standard InChI is InChI=1S/C18H19NO3S/c1-12-4-2-3-5-13(12)18-14-9-11-23-15(14)8-10-19(18)16(20)6-7-17(21)22/h2-5,9,11,18H,6-8,10H2,1H3,(H,21,22). The summed E-state index contributed by atoms with van der Waals surface area (Å²) in [5, 5.41) is 10.9. The molecule has 3 rings (SSSR count). The van der Waals surface area contributed by atoms with E-state index in [1.165, 1.54) is 10.4 Å². The number of aliphatic carboxylic acids is 1. The molecule has 1 aromatic carbocycles. The second-order valence-corrected chi connectivity index (χ2v) is 6.79. The smallest absolute Gasteiger partial charge is 0.303 e. The Kier molecular flexibility index (Phi) is 4.48. The van der Waals surface area contributed by atoms with Crippen molar-refractivity contribution in [3.63, 3.8) is 0 Å². The lowest BCUT2D eigenvalue weighted by atomic mass is 9.90. The van der Waals surface area contributed by atoms with Crippen molar-refractivity contribution in [2.75, 3.05) is 6.54 Å². The van der Waals surface area contributed by atoms with Gasteiger partial charge in [0.2, 0.25) is 5.91 Å². The second-order valence-electron chi connectivity index (χ2n) is 5.79. The Labute approximate surface area is 139 Å². The monoisotopic (exact) mass is 329 g/mol. The molecule has 2 aromatic rings. The van der Waals surface area contributed by atoms with Crippen LogP contribution in [0.4, 0.5) is 0 Å². The lowest BCUT2D eigenvalue weighted by Gasteiger charge is -2.37. The van der Waals surface area contributed by atoms with Gasteiger partial charge in [0.1, 0.15) is 0 Å². The van der Waals surface area contributed by atoms with Crippen LogP contribution in [0.25, 0.3) is 0 Å². The summed E-state index contributed by atoms with van der Waals surface area (Å²) in [5.41, 5.74) is 3.45. The molecular formula is C18H19NO3S. The van der Waals surface area contributed by atoms with Gasteiger partial charge in [0, 0.05) is 17.8 Å². The summed E-state index contributed by atoms with van der Waals surface area (Å²) in [6.45, 7) is 2.70. The number of carboxylic acids is 1. The Morgan fingerprint density at radius 1 is 1.22 bits per heavy atom. The second kappa shape index (κ2) is 6.54. The summed E-state index contributed by atoms with van der Waals surface area (Å²) in [4.78, 5) is 26.5. The number of hydrogen-bond acceptors (Lipinski definition) is 3. The highest BCUT2D eigenvalue weighted by molar-refractivity contribution is 7.10. The van der Waals surface area contributed by atoms with E-state index in [4.69, 9.17) is 5.11 Å². The van der Waals surface area contributed by atoms with E-state index in [0.29, 0.717) is 6.54 Å². The fraction of sp³-hybridized carbons (Fsp3) is 0.333. The molecule has 1 amide bonds. The van der Waals surface area contributed by atoms with Crippen LogP contribution >= 0.6 is 11.3 Å². The lowest BCUT2D eigenvalue weighted by Crippen LogP contribution is -2.40. The van der Waals surface area contributed by atoms with Crippen molar-refractivity contribution in [1.29, 1.82) is 0 Å². The molecule has 0 radical (unpaired) electrons. The van der Waals surface area contributed by atoms with Crippen LogP contribution < -0.4 is 0 Å². The number of nitrogens with zero attached hydrogens (tertiary/aromatic N) is 1. The minimum Gasteiger partial charge on any atom is -0.481 e. The normalized spacial score (nSPS) is 16.9. The van der Waals surface area contributed by atoms with Gasteiger partial charge in [0.25, 0.3) is 0 Å². The zero-order valence-corrected chi connectivity index (χ0v) is 13.8. The molecule has 120 valence electrons. The summed E-state index contributed by atoms with van der Waals surface area (Å²) < 4.78 is 0. The first-order valence-corrected chi connectivity index (χ1v) is 8.59. The molecule has 0 fully saturated rings. The van der Waals surface area contributed by atoms with Crippen molar-refractivity contribution >= 4 is 23.2 Å². The fourth-order valence-electron chi connectivity index (χ4n) is 3.17. The van der Waals surface area contributed by atoms with Gasteiger partial charge in [-0.2, -0.15) is 0 Å². The number of fused-ring (bicyclic) bond motifs is 1. The number of carbonyl (C=O) groups excluding carboxylic acids is 1. The van der Waals surface area contributed by atoms with Crippen LogP contribution in [0.2, 0.25) is 0 Å². The first-order chi connectivity index (χ1) is 11.1. The van der Waals surface area contributed by atoms with Crippen LogP contribution in [0.15, 0.2) is 35.7 Å². The average molecular weight is 329 g/mol. The van der Waals surface area contributed by atoms with Gasteiger partial charge in [-0.05, 0) is 41.5 Å². The Hall–Kier alpha value is -2.14. The number of thiophene rings is 1. The molecule has 0 aliphatic carbocycles. The molecular weight excluding hydrogens is 310 g/mol. The predicted octanol–water partition coefficient (Wildman–Crippen LogP) is 3.40. The molecule has 0 bridgehead atoms. The van der Waals surface area contributed by atoms with Gasteiger partial charge in [-0.3, -0.25) is 9.59 Å². The van der Waals surface area contributed by atoms with Crippen molar-refractivity contribution in [2.24, 2.45) is 0 Å². The summed E-state index contributed by atoms with van der Waals surface area (Å²) in [6.07, 6.45) is 0.775. The van der Waals surface area contributed by atoms with E-state index in [2.05, 4.69) is 30.5 Å². The van der Waals surface area contributed by atoms with E-state index in [0.717, 1.165) is 17.5 Å². The molecule has 4 nitrogen and oxygen atoms in total. The number of carbonyl (C=O) groups is 2. The molecule has 0 spiro atoms. The number of aryl methyl sites for hydroxylation is 1.